The number of ether oxygens (including phenoxy) is 1. The normalized spacial score (nSPS) is 15.9. The molecule has 1 aromatic heterocycles. The predicted molar refractivity (Wildman–Crippen MR) is 96.3 cm³/mol. The summed E-state index contributed by atoms with van der Waals surface area (Å²) in [5.41, 5.74) is 3.34. The molecule has 3 rings (SSSR count). The third kappa shape index (κ3) is 4.64. The van der Waals surface area contributed by atoms with Gasteiger partial charge in [0.2, 0.25) is 0 Å². The van der Waals surface area contributed by atoms with Crippen molar-refractivity contribution in [2.75, 3.05) is 32.9 Å². The minimum Gasteiger partial charge on any atom is -0.507 e. The van der Waals surface area contributed by atoms with Crippen LogP contribution in [0.1, 0.15) is 10.4 Å². The Labute approximate surface area is 156 Å². The van der Waals surface area contributed by atoms with E-state index in [-0.39, 0.29) is 11.3 Å². The van der Waals surface area contributed by atoms with Gasteiger partial charge < -0.3 is 24.8 Å². The number of nitrogens with one attached hydrogen (secondary N) is 2. The van der Waals surface area contributed by atoms with E-state index in [1.165, 1.54) is 12.1 Å². The molecule has 144 valence electrons. The van der Waals surface area contributed by atoms with Gasteiger partial charge in [0.15, 0.2) is 0 Å². The highest BCUT2D eigenvalue weighted by Crippen LogP contribution is 2.21. The number of hydrogen-bond acceptors (Lipinski definition) is 6. The van der Waals surface area contributed by atoms with Crippen molar-refractivity contribution in [2.45, 2.75) is 6.04 Å². The number of morpholine rings is 1. The molecule has 1 aromatic carbocycles. The molecule has 2 aromatic rings. The SMILES string of the molecule is O=C(N[C@@H](CO)C(=O)NN1CCOCC1)c1cc(-n2cccc2)ccc1O. The number of hydrogen-bond donors (Lipinski definition) is 4. The van der Waals surface area contributed by atoms with E-state index >= 15 is 0 Å². The first-order valence-electron chi connectivity index (χ1n) is 8.60. The molecule has 1 aliphatic rings. The summed E-state index contributed by atoms with van der Waals surface area (Å²) in [6.45, 7) is 1.47. The van der Waals surface area contributed by atoms with Gasteiger partial charge in [0.25, 0.3) is 11.8 Å². The van der Waals surface area contributed by atoms with Gasteiger partial charge in [-0.05, 0) is 30.3 Å². The van der Waals surface area contributed by atoms with Crippen LogP contribution in [0, 0.1) is 0 Å². The van der Waals surface area contributed by atoms with E-state index in [0.29, 0.717) is 32.0 Å². The maximum Gasteiger partial charge on any atom is 0.259 e. The second-order valence-corrected chi connectivity index (χ2v) is 6.08. The van der Waals surface area contributed by atoms with E-state index in [4.69, 9.17) is 4.74 Å². The predicted octanol–water partition coefficient (Wildman–Crippen LogP) is -0.363. The molecule has 1 saturated heterocycles. The zero-order valence-electron chi connectivity index (χ0n) is 14.7. The summed E-state index contributed by atoms with van der Waals surface area (Å²) in [5.74, 6) is -1.40. The van der Waals surface area contributed by atoms with Crippen molar-refractivity contribution >= 4 is 11.8 Å². The van der Waals surface area contributed by atoms with Crippen LogP contribution in [0.15, 0.2) is 42.7 Å². The number of carbonyl (C=O) groups is 2. The van der Waals surface area contributed by atoms with E-state index in [0.717, 1.165) is 0 Å². The Morgan fingerprint density at radius 3 is 2.56 bits per heavy atom. The summed E-state index contributed by atoms with van der Waals surface area (Å²) in [5, 5.41) is 23.7. The second kappa shape index (κ2) is 8.67. The summed E-state index contributed by atoms with van der Waals surface area (Å²) in [4.78, 5) is 24.9. The maximum atomic E-state index is 12.5. The Kier molecular flexibility index (Phi) is 6.07. The number of benzene rings is 1. The van der Waals surface area contributed by atoms with Crippen LogP contribution in [0.3, 0.4) is 0 Å². The zero-order chi connectivity index (χ0) is 19.2. The van der Waals surface area contributed by atoms with Crippen LogP contribution in [0.25, 0.3) is 5.69 Å². The van der Waals surface area contributed by atoms with Gasteiger partial charge in [-0.25, -0.2) is 5.01 Å². The number of aromatic hydroxyl groups is 1. The largest absolute Gasteiger partial charge is 0.507 e. The molecule has 0 aliphatic carbocycles. The first-order chi connectivity index (χ1) is 13.1. The molecule has 2 heterocycles. The highest BCUT2D eigenvalue weighted by molar-refractivity contribution is 6.00. The lowest BCUT2D eigenvalue weighted by molar-refractivity contribution is -0.130. The molecule has 0 bridgehead atoms. The fourth-order valence-electron chi connectivity index (χ4n) is 2.71. The van der Waals surface area contributed by atoms with Crippen LogP contribution >= 0.6 is 0 Å². The van der Waals surface area contributed by atoms with E-state index in [9.17, 15) is 19.8 Å². The first-order valence-corrected chi connectivity index (χ1v) is 8.60. The molecule has 27 heavy (non-hydrogen) atoms. The zero-order valence-corrected chi connectivity index (χ0v) is 14.7. The van der Waals surface area contributed by atoms with E-state index in [1.54, 1.807) is 28.0 Å². The fraction of sp³-hybridized carbons (Fsp3) is 0.333. The van der Waals surface area contributed by atoms with E-state index in [1.807, 2.05) is 12.1 Å². The third-order valence-electron chi connectivity index (χ3n) is 4.21. The number of aliphatic hydroxyl groups excluding tert-OH is 1. The Hall–Kier alpha value is -2.88. The quantitative estimate of drug-likeness (QED) is 0.549. The van der Waals surface area contributed by atoms with Crippen molar-refractivity contribution in [1.82, 2.24) is 20.3 Å². The molecular weight excluding hydrogens is 352 g/mol. The number of phenols is 1. The van der Waals surface area contributed by atoms with E-state index in [2.05, 4.69) is 10.7 Å². The van der Waals surface area contributed by atoms with Gasteiger partial charge in [0.05, 0.1) is 25.4 Å². The molecule has 0 spiro atoms. The highest BCUT2D eigenvalue weighted by Gasteiger charge is 2.24. The number of aromatic nitrogens is 1. The number of hydrazine groups is 1. The van der Waals surface area contributed by atoms with Crippen LogP contribution in [0.2, 0.25) is 0 Å². The number of carbonyl (C=O) groups excluding carboxylic acids is 2. The number of nitrogens with zero attached hydrogens (tertiary/aromatic N) is 2. The lowest BCUT2D eigenvalue weighted by Gasteiger charge is -2.28. The second-order valence-electron chi connectivity index (χ2n) is 6.08. The van der Waals surface area contributed by atoms with Gasteiger partial charge in [0, 0.05) is 31.2 Å². The van der Waals surface area contributed by atoms with Gasteiger partial charge in [-0.3, -0.25) is 15.0 Å². The summed E-state index contributed by atoms with van der Waals surface area (Å²) >= 11 is 0. The standard InChI is InChI=1S/C18H22N4O5/c23-12-15(18(26)20-22-7-9-27-10-8-22)19-17(25)14-11-13(3-4-16(14)24)21-5-1-2-6-21/h1-6,11,15,23-24H,7-10,12H2,(H,19,25)(H,20,26)/t15-/m0/s1. The van der Waals surface area contributed by atoms with Crippen molar-refractivity contribution < 1.29 is 24.5 Å². The van der Waals surface area contributed by atoms with Gasteiger partial charge in [-0.15, -0.1) is 0 Å². The number of amides is 2. The number of rotatable bonds is 6. The van der Waals surface area contributed by atoms with Crippen molar-refractivity contribution in [3.8, 4) is 11.4 Å². The fourth-order valence-corrected chi connectivity index (χ4v) is 2.71. The van der Waals surface area contributed by atoms with Crippen LogP contribution in [0.4, 0.5) is 0 Å². The average molecular weight is 374 g/mol. The van der Waals surface area contributed by atoms with Crippen molar-refractivity contribution in [3.05, 3.63) is 48.3 Å². The molecule has 2 amide bonds. The lowest BCUT2D eigenvalue weighted by atomic mass is 10.1. The molecule has 0 unspecified atom stereocenters. The van der Waals surface area contributed by atoms with Crippen molar-refractivity contribution in [2.24, 2.45) is 0 Å². The minimum absolute atomic E-state index is 0.0128. The molecule has 1 fully saturated rings. The van der Waals surface area contributed by atoms with Crippen LogP contribution < -0.4 is 10.7 Å². The summed E-state index contributed by atoms with van der Waals surface area (Å²) in [6.07, 6.45) is 3.61. The highest BCUT2D eigenvalue weighted by atomic mass is 16.5. The van der Waals surface area contributed by atoms with Crippen LogP contribution in [-0.2, 0) is 9.53 Å². The van der Waals surface area contributed by atoms with Gasteiger partial charge in [0.1, 0.15) is 11.8 Å². The molecule has 0 saturated carbocycles. The molecule has 9 nitrogen and oxygen atoms in total. The average Bonchev–Trinajstić information content (AvgIpc) is 3.21. The summed E-state index contributed by atoms with van der Waals surface area (Å²) in [7, 11) is 0. The van der Waals surface area contributed by atoms with Gasteiger partial charge >= 0.3 is 0 Å². The van der Waals surface area contributed by atoms with Gasteiger partial charge in [-0.1, -0.05) is 0 Å². The molecule has 4 N–H and O–H groups in total. The van der Waals surface area contributed by atoms with Crippen molar-refractivity contribution in [1.29, 1.82) is 0 Å². The smallest absolute Gasteiger partial charge is 0.259 e. The summed E-state index contributed by atoms with van der Waals surface area (Å²) in [6, 6.07) is 7.12. The van der Waals surface area contributed by atoms with Crippen LogP contribution in [0.5, 0.6) is 5.75 Å². The Bertz CT molecular complexity index is 787. The van der Waals surface area contributed by atoms with Crippen molar-refractivity contribution in [3.63, 3.8) is 0 Å². The summed E-state index contributed by atoms with van der Waals surface area (Å²) < 4.78 is 6.99. The Morgan fingerprint density at radius 1 is 1.19 bits per heavy atom. The molecule has 1 aliphatic heterocycles. The minimum atomic E-state index is -1.14. The monoisotopic (exact) mass is 374 g/mol. The first kappa shape index (κ1) is 18.9. The Balaban J connectivity index is 1.69. The Morgan fingerprint density at radius 2 is 1.89 bits per heavy atom. The molecule has 0 radical (unpaired) electrons. The lowest BCUT2D eigenvalue weighted by Crippen LogP contribution is -2.56. The topological polar surface area (TPSA) is 116 Å². The molecule has 9 heteroatoms. The number of aliphatic hydroxyl groups is 1. The molecular formula is C18H22N4O5. The maximum absolute atomic E-state index is 12.5. The van der Waals surface area contributed by atoms with Gasteiger partial charge in [-0.2, -0.15) is 0 Å². The van der Waals surface area contributed by atoms with Crippen LogP contribution in [-0.4, -0.2) is 70.6 Å². The molecule has 1 atom stereocenters. The van der Waals surface area contributed by atoms with E-state index < -0.39 is 24.5 Å². The third-order valence-corrected chi connectivity index (χ3v) is 4.21. The number of phenolic OH excluding ortho intramolecular Hbond substituents is 1.